The molecular formula is C55H33N5O. The number of aromatic nitrogens is 5. The molecular weight excluding hydrogens is 747 g/mol. The van der Waals surface area contributed by atoms with Crippen molar-refractivity contribution in [3.63, 3.8) is 0 Å². The van der Waals surface area contributed by atoms with E-state index in [0.29, 0.717) is 17.6 Å². The van der Waals surface area contributed by atoms with E-state index in [1.807, 2.05) is 42.5 Å². The SMILES string of the molecule is c1ccc(-c2ccc(-n3c4ccccc4c4c5c6c7ccccc7ccc6n(-c6nc(-c7ccccc7)nc(-c7ccc8c(c7)oc7ccccc78)n6)c5ccc43)cc2)cc1. The van der Waals surface area contributed by atoms with E-state index < -0.39 is 0 Å². The van der Waals surface area contributed by atoms with E-state index in [1.54, 1.807) is 0 Å². The standard InChI is InChI=1S/C55H33N5O/c1-3-13-34(14-4-1)35-23-27-39(28-24-35)59-44-21-11-9-20-43(44)51-45(59)31-32-47-52(51)50-40-18-8-7-15-36(40)26-30-46(50)60(47)55-57-53(37-16-5-2-6-17-37)56-54(58-55)38-25-29-42-41-19-10-12-22-48(41)61-49(42)33-38/h1-33H. The molecule has 0 unspecified atom stereocenters. The number of furan rings is 1. The van der Waals surface area contributed by atoms with Crippen LogP contribution < -0.4 is 0 Å². The summed E-state index contributed by atoms with van der Waals surface area (Å²) in [6.45, 7) is 0. The molecule has 9 aromatic carbocycles. The molecule has 0 saturated heterocycles. The third kappa shape index (κ3) is 5.12. The van der Waals surface area contributed by atoms with Gasteiger partial charge in [0.25, 0.3) is 0 Å². The normalized spacial score (nSPS) is 11.9. The van der Waals surface area contributed by atoms with Crippen LogP contribution in [-0.4, -0.2) is 24.1 Å². The van der Waals surface area contributed by atoms with E-state index >= 15 is 0 Å². The summed E-state index contributed by atoms with van der Waals surface area (Å²) in [6, 6.07) is 70.3. The van der Waals surface area contributed by atoms with Crippen molar-refractivity contribution in [2.24, 2.45) is 0 Å². The smallest absolute Gasteiger partial charge is 0.238 e. The number of fused-ring (bicyclic) bond motifs is 12. The highest BCUT2D eigenvalue weighted by atomic mass is 16.3. The molecule has 0 saturated carbocycles. The predicted molar refractivity (Wildman–Crippen MR) is 250 cm³/mol. The molecule has 6 heteroatoms. The molecule has 0 aliphatic heterocycles. The topological polar surface area (TPSA) is 61.7 Å². The summed E-state index contributed by atoms with van der Waals surface area (Å²) in [4.78, 5) is 15.8. The lowest BCUT2D eigenvalue weighted by Gasteiger charge is -2.11. The zero-order valence-corrected chi connectivity index (χ0v) is 32.7. The monoisotopic (exact) mass is 779 g/mol. The van der Waals surface area contributed by atoms with Gasteiger partial charge in [-0.05, 0) is 76.5 Å². The summed E-state index contributed by atoms with van der Waals surface area (Å²) in [5, 5.41) is 9.18. The lowest BCUT2D eigenvalue weighted by atomic mass is 10.0. The Morgan fingerprint density at radius 2 is 0.885 bits per heavy atom. The first-order valence-corrected chi connectivity index (χ1v) is 20.5. The maximum absolute atomic E-state index is 6.35. The highest BCUT2D eigenvalue weighted by Crippen LogP contribution is 2.44. The van der Waals surface area contributed by atoms with Crippen molar-refractivity contribution in [1.82, 2.24) is 24.1 Å². The molecule has 0 aliphatic carbocycles. The number of hydrogen-bond acceptors (Lipinski definition) is 4. The molecule has 4 aromatic heterocycles. The summed E-state index contributed by atoms with van der Waals surface area (Å²) in [5.74, 6) is 1.71. The zero-order valence-electron chi connectivity index (χ0n) is 32.7. The van der Waals surface area contributed by atoms with Crippen LogP contribution in [0.4, 0.5) is 0 Å². The molecule has 0 spiro atoms. The van der Waals surface area contributed by atoms with Crippen LogP contribution in [0.3, 0.4) is 0 Å². The van der Waals surface area contributed by atoms with Gasteiger partial charge in [0, 0.05) is 49.1 Å². The Morgan fingerprint density at radius 3 is 1.69 bits per heavy atom. The fourth-order valence-electron chi connectivity index (χ4n) is 9.43. The number of hydrogen-bond donors (Lipinski definition) is 0. The summed E-state index contributed by atoms with van der Waals surface area (Å²) in [6.07, 6.45) is 0. The molecule has 4 heterocycles. The second-order valence-electron chi connectivity index (χ2n) is 15.6. The maximum atomic E-state index is 6.35. The van der Waals surface area contributed by atoms with Gasteiger partial charge in [0.15, 0.2) is 11.6 Å². The summed E-state index contributed by atoms with van der Waals surface area (Å²) in [7, 11) is 0. The summed E-state index contributed by atoms with van der Waals surface area (Å²) in [5.41, 5.74) is 11.2. The van der Waals surface area contributed by atoms with Gasteiger partial charge in [0.05, 0.1) is 22.1 Å². The molecule has 0 N–H and O–H groups in total. The van der Waals surface area contributed by atoms with Gasteiger partial charge >= 0.3 is 0 Å². The Labute approximate surface area is 349 Å². The van der Waals surface area contributed by atoms with Crippen molar-refractivity contribution in [2.45, 2.75) is 0 Å². The van der Waals surface area contributed by atoms with Gasteiger partial charge in [-0.1, -0.05) is 146 Å². The average Bonchev–Trinajstić information content (AvgIpc) is 3.99. The molecule has 13 rings (SSSR count). The third-order valence-electron chi connectivity index (χ3n) is 12.2. The fraction of sp³-hybridized carbons (Fsp3) is 0. The Balaban J connectivity index is 1.11. The molecule has 6 nitrogen and oxygen atoms in total. The lowest BCUT2D eigenvalue weighted by Crippen LogP contribution is -2.06. The minimum atomic E-state index is 0.545. The number of benzene rings is 9. The van der Waals surface area contributed by atoms with Crippen LogP contribution in [-0.2, 0) is 0 Å². The molecule has 0 aliphatic rings. The van der Waals surface area contributed by atoms with Crippen LogP contribution in [0.1, 0.15) is 0 Å². The van der Waals surface area contributed by atoms with Crippen molar-refractivity contribution >= 4 is 76.3 Å². The Kier molecular flexibility index (Phi) is 7.21. The van der Waals surface area contributed by atoms with Gasteiger partial charge in [-0.3, -0.25) is 4.57 Å². The molecule has 13 aromatic rings. The van der Waals surface area contributed by atoms with Crippen molar-refractivity contribution < 1.29 is 4.42 Å². The summed E-state index contributed by atoms with van der Waals surface area (Å²) >= 11 is 0. The Hall–Kier alpha value is -8.35. The first-order valence-electron chi connectivity index (χ1n) is 20.5. The van der Waals surface area contributed by atoms with E-state index in [2.05, 4.69) is 167 Å². The second-order valence-corrected chi connectivity index (χ2v) is 15.6. The van der Waals surface area contributed by atoms with Gasteiger partial charge in [-0.2, -0.15) is 9.97 Å². The van der Waals surface area contributed by atoms with Crippen molar-refractivity contribution in [3.05, 3.63) is 200 Å². The van der Waals surface area contributed by atoms with E-state index in [-0.39, 0.29) is 0 Å². The molecule has 61 heavy (non-hydrogen) atoms. The molecule has 0 radical (unpaired) electrons. The molecule has 0 bridgehead atoms. The van der Waals surface area contributed by atoms with E-state index in [1.165, 1.54) is 32.7 Å². The van der Waals surface area contributed by atoms with Crippen molar-refractivity contribution in [3.8, 4) is 45.5 Å². The zero-order chi connectivity index (χ0) is 40.0. The maximum Gasteiger partial charge on any atom is 0.238 e. The highest BCUT2D eigenvalue weighted by molar-refractivity contribution is 6.33. The first kappa shape index (κ1) is 33.6. The van der Waals surface area contributed by atoms with Gasteiger partial charge in [-0.25, -0.2) is 4.98 Å². The van der Waals surface area contributed by atoms with Crippen molar-refractivity contribution in [1.29, 1.82) is 0 Å². The van der Waals surface area contributed by atoms with Crippen LogP contribution in [0.5, 0.6) is 0 Å². The first-order chi connectivity index (χ1) is 30.2. The van der Waals surface area contributed by atoms with Gasteiger partial charge in [0.1, 0.15) is 11.2 Å². The van der Waals surface area contributed by atoms with E-state index in [0.717, 1.165) is 71.6 Å². The largest absolute Gasteiger partial charge is 0.456 e. The molecule has 0 amide bonds. The van der Waals surface area contributed by atoms with Crippen LogP contribution in [0.15, 0.2) is 205 Å². The quantitative estimate of drug-likeness (QED) is 0.175. The van der Waals surface area contributed by atoms with E-state index in [4.69, 9.17) is 19.4 Å². The molecule has 0 fully saturated rings. The number of para-hydroxylation sites is 2. The average molecular weight is 780 g/mol. The highest BCUT2D eigenvalue weighted by Gasteiger charge is 2.24. The van der Waals surface area contributed by atoms with Crippen molar-refractivity contribution in [2.75, 3.05) is 0 Å². The third-order valence-corrected chi connectivity index (χ3v) is 12.2. The molecule has 0 atom stereocenters. The number of nitrogens with zero attached hydrogens (tertiary/aromatic N) is 5. The van der Waals surface area contributed by atoms with Crippen LogP contribution in [0, 0.1) is 0 Å². The minimum absolute atomic E-state index is 0.545. The van der Waals surface area contributed by atoms with Gasteiger partial charge in [-0.15, -0.1) is 0 Å². The van der Waals surface area contributed by atoms with Gasteiger partial charge in [0.2, 0.25) is 5.95 Å². The number of rotatable bonds is 5. The predicted octanol–water partition coefficient (Wildman–Crippen LogP) is 14.1. The fourth-order valence-corrected chi connectivity index (χ4v) is 9.43. The Morgan fingerprint density at radius 1 is 0.328 bits per heavy atom. The van der Waals surface area contributed by atoms with E-state index in [9.17, 15) is 0 Å². The minimum Gasteiger partial charge on any atom is -0.456 e. The van der Waals surface area contributed by atoms with Crippen LogP contribution >= 0.6 is 0 Å². The lowest BCUT2D eigenvalue weighted by molar-refractivity contribution is 0.669. The Bertz CT molecular complexity index is 3860. The van der Waals surface area contributed by atoms with Gasteiger partial charge < -0.3 is 8.98 Å². The van der Waals surface area contributed by atoms with Crippen LogP contribution in [0.2, 0.25) is 0 Å². The van der Waals surface area contributed by atoms with Crippen LogP contribution in [0.25, 0.3) is 122 Å². The molecule has 284 valence electrons. The summed E-state index contributed by atoms with van der Waals surface area (Å²) < 4.78 is 11.0. The second kappa shape index (κ2) is 13.1.